The third-order valence-electron chi connectivity index (χ3n) is 2.37. The quantitative estimate of drug-likeness (QED) is 0.761. The number of benzene rings is 1. The largest absolute Gasteiger partial charge is 0.482 e. The molecule has 1 atom stereocenters. The van der Waals surface area contributed by atoms with Gasteiger partial charge < -0.3 is 15.2 Å². The van der Waals surface area contributed by atoms with Crippen molar-refractivity contribution in [1.29, 1.82) is 0 Å². The maximum Gasteiger partial charge on any atom is 0.257 e. The van der Waals surface area contributed by atoms with E-state index < -0.39 is 0 Å². The van der Waals surface area contributed by atoms with Crippen molar-refractivity contribution < 1.29 is 14.6 Å². The van der Waals surface area contributed by atoms with E-state index in [1.165, 1.54) is 0 Å². The molecule has 19 heavy (non-hydrogen) atoms. The number of rotatable bonds is 7. The van der Waals surface area contributed by atoms with E-state index in [2.05, 4.69) is 5.32 Å². The highest BCUT2D eigenvalue weighted by atomic mass is 35.5. The Labute approximate surface area is 122 Å². The van der Waals surface area contributed by atoms with E-state index >= 15 is 0 Å². The average molecular weight is 306 g/mol. The fourth-order valence-corrected chi connectivity index (χ4v) is 1.87. The number of ether oxygens (including phenoxy) is 1. The molecule has 0 fully saturated rings. The monoisotopic (exact) mass is 305 g/mol. The lowest BCUT2D eigenvalue weighted by molar-refractivity contribution is -0.123. The van der Waals surface area contributed by atoms with Gasteiger partial charge in [0.05, 0.1) is 11.1 Å². The zero-order valence-corrected chi connectivity index (χ0v) is 12.2. The van der Waals surface area contributed by atoms with E-state index in [0.717, 1.165) is 6.42 Å². The second kappa shape index (κ2) is 8.25. The minimum absolute atomic E-state index is 0.101. The van der Waals surface area contributed by atoms with Crippen LogP contribution in [-0.2, 0) is 4.79 Å². The Balaban J connectivity index is 2.26. The minimum Gasteiger partial charge on any atom is -0.482 e. The van der Waals surface area contributed by atoms with Gasteiger partial charge in [-0.25, -0.2) is 0 Å². The van der Waals surface area contributed by atoms with Crippen LogP contribution in [0.25, 0.3) is 0 Å². The summed E-state index contributed by atoms with van der Waals surface area (Å²) >= 11 is 11.7. The molecular weight excluding hydrogens is 289 g/mol. The van der Waals surface area contributed by atoms with Gasteiger partial charge in [0.25, 0.3) is 5.91 Å². The second-order valence-corrected chi connectivity index (χ2v) is 5.05. The van der Waals surface area contributed by atoms with Crippen molar-refractivity contribution in [3.05, 3.63) is 28.2 Å². The first-order valence-corrected chi connectivity index (χ1v) is 6.77. The molecule has 0 radical (unpaired) electrons. The Kier molecular flexibility index (Phi) is 6.99. The van der Waals surface area contributed by atoms with Gasteiger partial charge in [0.15, 0.2) is 6.61 Å². The number of nitrogens with one attached hydrogen (secondary N) is 1. The van der Waals surface area contributed by atoms with E-state index in [-0.39, 0.29) is 18.6 Å². The van der Waals surface area contributed by atoms with E-state index in [0.29, 0.717) is 28.8 Å². The van der Waals surface area contributed by atoms with Gasteiger partial charge in [0, 0.05) is 11.6 Å². The van der Waals surface area contributed by atoms with E-state index in [4.69, 9.17) is 33.0 Å². The zero-order valence-electron chi connectivity index (χ0n) is 10.7. The molecule has 0 aliphatic rings. The number of halogens is 2. The SMILES string of the molecule is CC(O)CCCNC(=O)COc1ccc(Cl)cc1Cl. The topological polar surface area (TPSA) is 58.6 Å². The van der Waals surface area contributed by atoms with Gasteiger partial charge in [-0.2, -0.15) is 0 Å². The van der Waals surface area contributed by atoms with Crippen molar-refractivity contribution >= 4 is 29.1 Å². The van der Waals surface area contributed by atoms with Crippen LogP contribution in [0.5, 0.6) is 5.75 Å². The molecule has 1 amide bonds. The number of aliphatic hydroxyl groups excluding tert-OH is 1. The van der Waals surface area contributed by atoms with Gasteiger partial charge in [-0.15, -0.1) is 0 Å². The number of aliphatic hydroxyl groups is 1. The van der Waals surface area contributed by atoms with Gasteiger partial charge in [0.2, 0.25) is 0 Å². The first kappa shape index (κ1) is 16.1. The van der Waals surface area contributed by atoms with Crippen LogP contribution in [0.3, 0.4) is 0 Å². The minimum atomic E-state index is -0.346. The molecule has 0 saturated carbocycles. The Hall–Kier alpha value is -0.970. The summed E-state index contributed by atoms with van der Waals surface area (Å²) in [6, 6.07) is 4.81. The number of carbonyl (C=O) groups is 1. The molecule has 0 heterocycles. The first-order chi connectivity index (χ1) is 8.99. The second-order valence-electron chi connectivity index (χ2n) is 4.20. The molecule has 4 nitrogen and oxygen atoms in total. The maximum absolute atomic E-state index is 11.5. The number of amides is 1. The normalized spacial score (nSPS) is 12.0. The lowest BCUT2D eigenvalue weighted by atomic mass is 10.2. The molecule has 1 unspecified atom stereocenters. The summed E-state index contributed by atoms with van der Waals surface area (Å²) in [5.41, 5.74) is 0. The first-order valence-electron chi connectivity index (χ1n) is 6.01. The highest BCUT2D eigenvalue weighted by Crippen LogP contribution is 2.27. The molecule has 2 N–H and O–H groups in total. The molecule has 6 heteroatoms. The molecule has 1 aromatic carbocycles. The predicted molar refractivity (Wildman–Crippen MR) is 75.9 cm³/mol. The summed E-state index contributed by atoms with van der Waals surface area (Å²) < 4.78 is 5.28. The highest BCUT2D eigenvalue weighted by Gasteiger charge is 2.06. The average Bonchev–Trinajstić information content (AvgIpc) is 2.33. The summed E-state index contributed by atoms with van der Waals surface area (Å²) in [4.78, 5) is 11.5. The molecule has 0 aliphatic heterocycles. The molecule has 1 aromatic rings. The molecule has 0 aliphatic carbocycles. The summed E-state index contributed by atoms with van der Waals surface area (Å²) in [7, 11) is 0. The van der Waals surface area contributed by atoms with Crippen LogP contribution in [0.15, 0.2) is 18.2 Å². The predicted octanol–water partition coefficient (Wildman–Crippen LogP) is 2.65. The third-order valence-corrected chi connectivity index (χ3v) is 2.90. The lowest BCUT2D eigenvalue weighted by Gasteiger charge is -2.09. The fraction of sp³-hybridized carbons (Fsp3) is 0.462. The Morgan fingerprint density at radius 2 is 2.21 bits per heavy atom. The third kappa shape index (κ3) is 6.66. The van der Waals surface area contributed by atoms with Crippen LogP contribution in [-0.4, -0.2) is 30.3 Å². The molecule has 0 aromatic heterocycles. The summed E-state index contributed by atoms with van der Waals surface area (Å²) in [5, 5.41) is 12.6. The zero-order chi connectivity index (χ0) is 14.3. The Morgan fingerprint density at radius 3 is 2.84 bits per heavy atom. The van der Waals surface area contributed by atoms with Crippen LogP contribution in [0, 0.1) is 0 Å². The van der Waals surface area contributed by atoms with Crippen molar-refractivity contribution in [1.82, 2.24) is 5.32 Å². The summed E-state index contributed by atoms with van der Waals surface area (Å²) in [6.45, 7) is 2.13. The Bertz CT molecular complexity index is 424. The molecular formula is C13H17Cl2NO3. The molecule has 106 valence electrons. The van der Waals surface area contributed by atoms with E-state index in [1.807, 2.05) is 0 Å². The fourth-order valence-electron chi connectivity index (χ4n) is 1.41. The van der Waals surface area contributed by atoms with Crippen LogP contribution < -0.4 is 10.1 Å². The molecule has 1 rings (SSSR count). The highest BCUT2D eigenvalue weighted by molar-refractivity contribution is 6.35. The number of carbonyl (C=O) groups excluding carboxylic acids is 1. The van der Waals surface area contributed by atoms with Crippen molar-refractivity contribution in [2.24, 2.45) is 0 Å². The van der Waals surface area contributed by atoms with Crippen molar-refractivity contribution in [3.63, 3.8) is 0 Å². The van der Waals surface area contributed by atoms with Crippen molar-refractivity contribution in [3.8, 4) is 5.75 Å². The molecule has 0 spiro atoms. The van der Waals surface area contributed by atoms with Crippen LogP contribution >= 0.6 is 23.2 Å². The number of hydrogen-bond acceptors (Lipinski definition) is 3. The summed E-state index contributed by atoms with van der Waals surface area (Å²) in [6.07, 6.45) is 1.04. The molecule has 0 bridgehead atoms. The van der Waals surface area contributed by atoms with Crippen LogP contribution in [0.2, 0.25) is 10.0 Å². The van der Waals surface area contributed by atoms with Gasteiger partial charge in [-0.1, -0.05) is 23.2 Å². The van der Waals surface area contributed by atoms with Crippen molar-refractivity contribution in [2.45, 2.75) is 25.9 Å². The summed E-state index contributed by atoms with van der Waals surface area (Å²) in [5.74, 6) is 0.196. The van der Waals surface area contributed by atoms with E-state index in [9.17, 15) is 4.79 Å². The lowest BCUT2D eigenvalue weighted by Crippen LogP contribution is -2.30. The maximum atomic E-state index is 11.5. The van der Waals surface area contributed by atoms with Gasteiger partial charge in [0.1, 0.15) is 5.75 Å². The standard InChI is InChI=1S/C13H17Cl2NO3/c1-9(17)3-2-6-16-13(18)8-19-12-5-4-10(14)7-11(12)15/h4-5,7,9,17H,2-3,6,8H2,1H3,(H,16,18). The van der Waals surface area contributed by atoms with Gasteiger partial charge in [-0.3, -0.25) is 4.79 Å². The smallest absolute Gasteiger partial charge is 0.257 e. The van der Waals surface area contributed by atoms with Crippen molar-refractivity contribution in [2.75, 3.05) is 13.2 Å². The van der Waals surface area contributed by atoms with E-state index in [1.54, 1.807) is 25.1 Å². The molecule has 0 saturated heterocycles. The van der Waals surface area contributed by atoms with Gasteiger partial charge in [-0.05, 0) is 38.0 Å². The van der Waals surface area contributed by atoms with Crippen LogP contribution in [0.4, 0.5) is 0 Å². The van der Waals surface area contributed by atoms with Crippen LogP contribution in [0.1, 0.15) is 19.8 Å². The Morgan fingerprint density at radius 1 is 1.47 bits per heavy atom. The van der Waals surface area contributed by atoms with Gasteiger partial charge >= 0.3 is 0 Å². The number of hydrogen-bond donors (Lipinski definition) is 2.